The number of anilines is 1. The molecule has 0 saturated heterocycles. The Labute approximate surface area is 138 Å². The van der Waals surface area contributed by atoms with Crippen molar-refractivity contribution in [2.75, 3.05) is 11.9 Å². The molecule has 0 atom stereocenters. The minimum absolute atomic E-state index is 0.379. The zero-order chi connectivity index (χ0) is 16.8. The minimum Gasteiger partial charge on any atom is -0.451 e. The lowest BCUT2D eigenvalue weighted by Crippen LogP contribution is -2.20. The molecule has 1 amide bonds. The van der Waals surface area contributed by atoms with E-state index in [-0.39, 0.29) is 12.4 Å². The number of benzene rings is 1. The number of nitrogens with one attached hydrogen (secondary N) is 1. The van der Waals surface area contributed by atoms with E-state index < -0.39 is 11.9 Å². The first-order valence-electron chi connectivity index (χ1n) is 7.31. The van der Waals surface area contributed by atoms with Gasteiger partial charge in [-0.25, -0.2) is 9.18 Å². The summed E-state index contributed by atoms with van der Waals surface area (Å²) in [7, 11) is 0. The number of rotatable bonds is 6. The molecule has 0 unspecified atom stereocenters. The van der Waals surface area contributed by atoms with Crippen LogP contribution in [-0.4, -0.2) is 18.5 Å². The van der Waals surface area contributed by atoms with Crippen molar-refractivity contribution in [1.82, 2.24) is 0 Å². The second-order valence-corrected chi connectivity index (χ2v) is 6.33. The van der Waals surface area contributed by atoms with Crippen LogP contribution < -0.4 is 5.32 Å². The zero-order valence-corrected chi connectivity index (χ0v) is 13.8. The summed E-state index contributed by atoms with van der Waals surface area (Å²) >= 11 is 1.37. The number of thiophene rings is 1. The lowest BCUT2D eigenvalue weighted by molar-refractivity contribution is -0.119. The average molecular weight is 335 g/mol. The van der Waals surface area contributed by atoms with Gasteiger partial charge in [-0.3, -0.25) is 4.79 Å². The molecule has 0 aliphatic heterocycles. The van der Waals surface area contributed by atoms with Crippen LogP contribution >= 0.6 is 11.3 Å². The van der Waals surface area contributed by atoms with Crippen LogP contribution in [0, 0.1) is 12.7 Å². The summed E-state index contributed by atoms with van der Waals surface area (Å²) in [6.07, 6.45) is 1.92. The fourth-order valence-electron chi connectivity index (χ4n) is 2.07. The van der Waals surface area contributed by atoms with E-state index in [4.69, 9.17) is 4.74 Å². The van der Waals surface area contributed by atoms with E-state index in [0.29, 0.717) is 10.6 Å². The first-order valence-corrected chi connectivity index (χ1v) is 8.13. The van der Waals surface area contributed by atoms with Crippen LogP contribution in [0.2, 0.25) is 0 Å². The van der Waals surface area contributed by atoms with Crippen molar-refractivity contribution in [2.45, 2.75) is 26.7 Å². The van der Waals surface area contributed by atoms with E-state index in [1.165, 1.54) is 35.6 Å². The Kier molecular flexibility index (Phi) is 5.87. The Bertz CT molecular complexity index is 694. The van der Waals surface area contributed by atoms with Gasteiger partial charge < -0.3 is 10.1 Å². The zero-order valence-electron chi connectivity index (χ0n) is 13.0. The van der Waals surface area contributed by atoms with Gasteiger partial charge in [-0.1, -0.05) is 13.3 Å². The lowest BCUT2D eigenvalue weighted by Gasteiger charge is -2.05. The van der Waals surface area contributed by atoms with E-state index in [0.717, 1.165) is 23.3 Å². The Morgan fingerprint density at radius 1 is 1.26 bits per heavy atom. The molecule has 0 spiro atoms. The highest BCUT2D eigenvalue weighted by atomic mass is 32.1. The van der Waals surface area contributed by atoms with Gasteiger partial charge in [-0.05, 0) is 49.2 Å². The largest absolute Gasteiger partial charge is 0.451 e. The number of aryl methyl sites for hydroxylation is 2. The maximum atomic E-state index is 12.8. The van der Waals surface area contributed by atoms with Crippen molar-refractivity contribution >= 4 is 28.9 Å². The Morgan fingerprint density at radius 2 is 1.96 bits per heavy atom. The number of amides is 1. The molecule has 1 heterocycles. The third-order valence-corrected chi connectivity index (χ3v) is 4.28. The third-order valence-electron chi connectivity index (χ3n) is 3.20. The van der Waals surface area contributed by atoms with Crippen LogP contribution in [-0.2, 0) is 16.0 Å². The van der Waals surface area contributed by atoms with Crippen molar-refractivity contribution in [3.05, 3.63) is 51.5 Å². The molecular weight excluding hydrogens is 317 g/mol. The number of carbonyl (C=O) groups is 2. The van der Waals surface area contributed by atoms with E-state index in [9.17, 15) is 14.0 Å². The van der Waals surface area contributed by atoms with Gasteiger partial charge in [-0.15, -0.1) is 11.3 Å². The van der Waals surface area contributed by atoms with Crippen molar-refractivity contribution in [2.24, 2.45) is 0 Å². The molecule has 0 fully saturated rings. The molecule has 0 bridgehead atoms. The smallest absolute Gasteiger partial charge is 0.348 e. The van der Waals surface area contributed by atoms with E-state index in [2.05, 4.69) is 12.2 Å². The number of ether oxygens (including phenoxy) is 1. The Hall–Kier alpha value is -2.21. The normalized spacial score (nSPS) is 10.4. The second kappa shape index (κ2) is 7.87. The first kappa shape index (κ1) is 17.1. The molecule has 1 aromatic carbocycles. The minimum atomic E-state index is -0.505. The topological polar surface area (TPSA) is 55.4 Å². The van der Waals surface area contributed by atoms with E-state index >= 15 is 0 Å². The average Bonchev–Trinajstić information content (AvgIpc) is 2.89. The Balaban J connectivity index is 1.87. The van der Waals surface area contributed by atoms with Gasteiger partial charge in [0.1, 0.15) is 10.7 Å². The van der Waals surface area contributed by atoms with Crippen molar-refractivity contribution in [3.8, 4) is 0 Å². The first-order chi connectivity index (χ1) is 11.0. The molecule has 0 radical (unpaired) electrons. The van der Waals surface area contributed by atoms with Crippen LogP contribution in [0.15, 0.2) is 30.3 Å². The fraction of sp³-hybridized carbons (Fsp3) is 0.294. The maximum absolute atomic E-state index is 12.8. The molecule has 23 heavy (non-hydrogen) atoms. The fourth-order valence-corrected chi connectivity index (χ4v) is 3.04. The van der Waals surface area contributed by atoms with E-state index in [1.54, 1.807) is 0 Å². The van der Waals surface area contributed by atoms with Gasteiger partial charge in [0.15, 0.2) is 6.61 Å². The number of carbonyl (C=O) groups excluding carboxylic acids is 2. The van der Waals surface area contributed by atoms with Crippen molar-refractivity contribution in [1.29, 1.82) is 0 Å². The molecule has 0 aliphatic rings. The van der Waals surface area contributed by atoms with Gasteiger partial charge in [0.05, 0.1) is 0 Å². The molecule has 1 N–H and O–H groups in total. The van der Waals surface area contributed by atoms with Crippen LogP contribution in [0.4, 0.5) is 10.1 Å². The molecule has 122 valence electrons. The Morgan fingerprint density at radius 3 is 2.61 bits per heavy atom. The van der Waals surface area contributed by atoms with Gasteiger partial charge in [0.25, 0.3) is 5.91 Å². The van der Waals surface area contributed by atoms with E-state index in [1.807, 2.05) is 13.0 Å². The van der Waals surface area contributed by atoms with Gasteiger partial charge in [0, 0.05) is 10.6 Å². The molecule has 0 saturated carbocycles. The maximum Gasteiger partial charge on any atom is 0.348 e. The molecule has 2 rings (SSSR count). The monoisotopic (exact) mass is 335 g/mol. The number of esters is 1. The summed E-state index contributed by atoms with van der Waals surface area (Å²) in [5, 5.41) is 2.53. The van der Waals surface area contributed by atoms with Crippen molar-refractivity contribution < 1.29 is 18.7 Å². The molecule has 0 aliphatic carbocycles. The number of halogens is 1. The predicted molar refractivity (Wildman–Crippen MR) is 88.4 cm³/mol. The van der Waals surface area contributed by atoms with Gasteiger partial charge in [-0.2, -0.15) is 0 Å². The SMILES string of the molecule is CCCc1cc(C(=O)OCC(=O)Nc2ccc(F)cc2)sc1C. The van der Waals surface area contributed by atoms with Crippen LogP contribution in [0.25, 0.3) is 0 Å². The van der Waals surface area contributed by atoms with Gasteiger partial charge >= 0.3 is 5.97 Å². The van der Waals surface area contributed by atoms with Crippen molar-refractivity contribution in [3.63, 3.8) is 0 Å². The molecular formula is C17H18FNO3S. The summed E-state index contributed by atoms with van der Waals surface area (Å²) in [4.78, 5) is 25.3. The standard InChI is InChI=1S/C17H18FNO3S/c1-3-4-12-9-15(23-11(12)2)17(21)22-10-16(20)19-14-7-5-13(18)6-8-14/h5-9H,3-4,10H2,1-2H3,(H,19,20). The molecule has 2 aromatic rings. The molecule has 1 aromatic heterocycles. The van der Waals surface area contributed by atoms with Crippen LogP contribution in [0.5, 0.6) is 0 Å². The highest BCUT2D eigenvalue weighted by Gasteiger charge is 2.15. The summed E-state index contributed by atoms with van der Waals surface area (Å²) < 4.78 is 17.8. The molecule has 4 nitrogen and oxygen atoms in total. The highest BCUT2D eigenvalue weighted by Crippen LogP contribution is 2.23. The summed E-state index contributed by atoms with van der Waals surface area (Å²) in [5.41, 5.74) is 1.59. The van der Waals surface area contributed by atoms with Gasteiger partial charge in [0.2, 0.25) is 0 Å². The lowest BCUT2D eigenvalue weighted by atomic mass is 10.1. The summed E-state index contributed by atoms with van der Waals surface area (Å²) in [5.74, 6) is -1.35. The number of hydrogen-bond acceptors (Lipinski definition) is 4. The third kappa shape index (κ3) is 4.89. The van der Waals surface area contributed by atoms with Crippen LogP contribution in [0.1, 0.15) is 33.5 Å². The summed E-state index contributed by atoms with van der Waals surface area (Å²) in [6, 6.07) is 7.18. The highest BCUT2D eigenvalue weighted by molar-refractivity contribution is 7.14. The number of hydrogen-bond donors (Lipinski definition) is 1. The second-order valence-electron chi connectivity index (χ2n) is 5.07. The predicted octanol–water partition coefficient (Wildman–Crippen LogP) is 3.94. The quantitative estimate of drug-likeness (QED) is 0.814. The van der Waals surface area contributed by atoms with Crippen LogP contribution in [0.3, 0.4) is 0 Å². The molecule has 6 heteroatoms. The summed E-state index contributed by atoms with van der Waals surface area (Å²) in [6.45, 7) is 3.67.